The average molecular weight is 340 g/mol. The molecule has 128 valence electrons. The van der Waals surface area contributed by atoms with Gasteiger partial charge in [0.1, 0.15) is 5.82 Å². The molecule has 0 spiro atoms. The Morgan fingerprint density at radius 1 is 1.00 bits per heavy atom. The molecule has 0 radical (unpaired) electrons. The molecule has 0 atom stereocenters. The van der Waals surface area contributed by atoms with Gasteiger partial charge in [-0.15, -0.1) is 0 Å². The quantitative estimate of drug-likeness (QED) is 0.529. The van der Waals surface area contributed by atoms with Gasteiger partial charge in [-0.05, 0) is 47.6 Å². The average Bonchev–Trinajstić information content (AvgIpc) is 3.13. The lowest BCUT2D eigenvalue weighted by Crippen LogP contribution is -2.25. The van der Waals surface area contributed by atoms with E-state index in [0.29, 0.717) is 0 Å². The van der Waals surface area contributed by atoms with E-state index in [1.54, 1.807) is 0 Å². The van der Waals surface area contributed by atoms with Crippen molar-refractivity contribution >= 4 is 22.3 Å². The molecule has 5 rings (SSSR count). The summed E-state index contributed by atoms with van der Waals surface area (Å²) in [7, 11) is 1.95. The summed E-state index contributed by atoms with van der Waals surface area (Å²) in [5, 5.41) is 6.74. The van der Waals surface area contributed by atoms with Crippen LogP contribution < -0.4 is 4.90 Å². The van der Waals surface area contributed by atoms with E-state index in [1.165, 1.54) is 27.6 Å². The topological polar surface area (TPSA) is 34.0 Å². The van der Waals surface area contributed by atoms with Gasteiger partial charge in [0, 0.05) is 42.6 Å². The van der Waals surface area contributed by atoms with Crippen LogP contribution in [-0.2, 0) is 13.5 Å². The van der Waals surface area contributed by atoms with Gasteiger partial charge in [0.05, 0.1) is 6.20 Å². The van der Waals surface area contributed by atoms with Gasteiger partial charge in [-0.2, -0.15) is 5.10 Å². The minimum Gasteiger partial charge on any atom is -0.326 e. The fourth-order valence-corrected chi connectivity index (χ4v) is 3.89. The number of pyridine rings is 1. The Morgan fingerprint density at radius 2 is 1.92 bits per heavy atom. The Labute approximate surface area is 152 Å². The molecule has 0 saturated heterocycles. The molecule has 2 aromatic heterocycles. The normalized spacial score (nSPS) is 13.8. The molecular weight excluding hydrogens is 320 g/mol. The van der Waals surface area contributed by atoms with E-state index in [9.17, 15) is 0 Å². The summed E-state index contributed by atoms with van der Waals surface area (Å²) in [5.74, 6) is 1.05. The molecule has 3 heterocycles. The molecule has 0 N–H and O–H groups in total. The van der Waals surface area contributed by atoms with Crippen LogP contribution in [0.25, 0.3) is 21.9 Å². The smallest absolute Gasteiger partial charge is 0.140 e. The fraction of sp³-hybridized carbons (Fsp3) is 0.182. The van der Waals surface area contributed by atoms with Crippen molar-refractivity contribution in [2.24, 2.45) is 7.05 Å². The number of anilines is 2. The number of fused-ring (bicyclic) bond motifs is 2. The van der Waals surface area contributed by atoms with Gasteiger partial charge in [-0.1, -0.05) is 30.3 Å². The standard InChI is InChI=1S/C22H20N4/c1-25-15-19(14-24-25)17-8-9-21-18(13-17)6-4-12-26(21)22-20-7-3-2-5-16(20)10-11-23-22/h2-3,5,7-11,13-15H,4,6,12H2,1H3. The molecule has 0 amide bonds. The summed E-state index contributed by atoms with van der Waals surface area (Å²) in [4.78, 5) is 7.10. The fourth-order valence-electron chi connectivity index (χ4n) is 3.89. The van der Waals surface area contributed by atoms with Crippen LogP contribution in [0.4, 0.5) is 11.5 Å². The first kappa shape index (κ1) is 15.1. The summed E-state index contributed by atoms with van der Waals surface area (Å²) in [5.41, 5.74) is 5.04. The number of hydrogen-bond acceptors (Lipinski definition) is 3. The van der Waals surface area contributed by atoms with Crippen molar-refractivity contribution in [1.82, 2.24) is 14.8 Å². The number of hydrogen-bond donors (Lipinski definition) is 0. The van der Waals surface area contributed by atoms with Crippen LogP contribution in [0.2, 0.25) is 0 Å². The van der Waals surface area contributed by atoms with Gasteiger partial charge < -0.3 is 4.90 Å². The van der Waals surface area contributed by atoms with Crippen molar-refractivity contribution in [1.29, 1.82) is 0 Å². The molecule has 4 aromatic rings. The lowest BCUT2D eigenvalue weighted by atomic mass is 9.97. The summed E-state index contributed by atoms with van der Waals surface area (Å²) in [6.07, 6.45) is 8.14. The Bertz CT molecular complexity index is 1090. The second-order valence-electron chi connectivity index (χ2n) is 6.86. The second-order valence-corrected chi connectivity index (χ2v) is 6.86. The van der Waals surface area contributed by atoms with Crippen LogP contribution in [0.3, 0.4) is 0 Å². The maximum absolute atomic E-state index is 4.73. The van der Waals surface area contributed by atoms with Crippen molar-refractivity contribution in [3.8, 4) is 11.1 Å². The molecule has 1 aliphatic rings. The first-order valence-electron chi connectivity index (χ1n) is 9.03. The zero-order valence-electron chi connectivity index (χ0n) is 14.8. The SMILES string of the molecule is Cn1cc(-c2ccc3c(c2)CCCN3c2nccc3ccccc23)cn1. The monoisotopic (exact) mass is 340 g/mol. The summed E-state index contributed by atoms with van der Waals surface area (Å²) < 4.78 is 1.85. The summed E-state index contributed by atoms with van der Waals surface area (Å²) in [6, 6.07) is 17.3. The Morgan fingerprint density at radius 3 is 2.81 bits per heavy atom. The number of benzene rings is 2. The zero-order valence-corrected chi connectivity index (χ0v) is 14.8. The minimum atomic E-state index is 1.00. The van der Waals surface area contributed by atoms with E-state index in [2.05, 4.69) is 64.7 Å². The molecule has 0 saturated carbocycles. The molecule has 0 unspecified atom stereocenters. The van der Waals surface area contributed by atoms with Gasteiger partial charge in [-0.25, -0.2) is 4.98 Å². The van der Waals surface area contributed by atoms with Crippen LogP contribution >= 0.6 is 0 Å². The highest BCUT2D eigenvalue weighted by atomic mass is 15.2. The van der Waals surface area contributed by atoms with Crippen LogP contribution in [0, 0.1) is 0 Å². The van der Waals surface area contributed by atoms with Crippen LogP contribution in [0.5, 0.6) is 0 Å². The number of nitrogens with zero attached hydrogens (tertiary/aromatic N) is 4. The van der Waals surface area contributed by atoms with Gasteiger partial charge >= 0.3 is 0 Å². The zero-order chi connectivity index (χ0) is 17.5. The van der Waals surface area contributed by atoms with Gasteiger partial charge in [0.2, 0.25) is 0 Å². The number of aromatic nitrogens is 3. The lowest BCUT2D eigenvalue weighted by Gasteiger charge is -2.31. The molecule has 4 heteroatoms. The second kappa shape index (κ2) is 5.99. The number of aryl methyl sites for hydroxylation is 2. The van der Waals surface area contributed by atoms with E-state index in [0.717, 1.165) is 30.8 Å². The summed E-state index contributed by atoms with van der Waals surface area (Å²) in [6.45, 7) is 1.00. The predicted octanol–water partition coefficient (Wildman–Crippen LogP) is 4.72. The number of rotatable bonds is 2. The lowest BCUT2D eigenvalue weighted by molar-refractivity contribution is 0.762. The maximum atomic E-state index is 4.73. The first-order chi connectivity index (χ1) is 12.8. The van der Waals surface area contributed by atoms with Gasteiger partial charge in [-0.3, -0.25) is 4.68 Å². The van der Waals surface area contributed by atoms with Crippen LogP contribution in [0.1, 0.15) is 12.0 Å². The van der Waals surface area contributed by atoms with E-state index in [1.807, 2.05) is 24.1 Å². The molecule has 4 nitrogen and oxygen atoms in total. The molecule has 0 bridgehead atoms. The van der Waals surface area contributed by atoms with E-state index in [-0.39, 0.29) is 0 Å². The summed E-state index contributed by atoms with van der Waals surface area (Å²) >= 11 is 0. The molecule has 1 aliphatic heterocycles. The Hall–Kier alpha value is -3.14. The van der Waals surface area contributed by atoms with E-state index < -0.39 is 0 Å². The van der Waals surface area contributed by atoms with Crippen LogP contribution in [-0.4, -0.2) is 21.3 Å². The van der Waals surface area contributed by atoms with E-state index in [4.69, 9.17) is 4.98 Å². The van der Waals surface area contributed by atoms with E-state index >= 15 is 0 Å². The van der Waals surface area contributed by atoms with Crippen molar-refractivity contribution < 1.29 is 0 Å². The molecule has 26 heavy (non-hydrogen) atoms. The third-order valence-corrected chi connectivity index (χ3v) is 5.14. The predicted molar refractivity (Wildman–Crippen MR) is 106 cm³/mol. The Kier molecular flexibility index (Phi) is 3.49. The third kappa shape index (κ3) is 2.46. The Balaban J connectivity index is 1.61. The molecule has 0 aliphatic carbocycles. The highest BCUT2D eigenvalue weighted by molar-refractivity contribution is 5.94. The molecule has 0 fully saturated rings. The van der Waals surface area contributed by atoms with Gasteiger partial charge in [0.25, 0.3) is 0 Å². The van der Waals surface area contributed by atoms with Gasteiger partial charge in [0.15, 0.2) is 0 Å². The molecule has 2 aromatic carbocycles. The highest BCUT2D eigenvalue weighted by Crippen LogP contribution is 2.37. The highest BCUT2D eigenvalue weighted by Gasteiger charge is 2.21. The minimum absolute atomic E-state index is 1.00. The maximum Gasteiger partial charge on any atom is 0.140 e. The van der Waals surface area contributed by atoms with Crippen LogP contribution in [0.15, 0.2) is 67.1 Å². The first-order valence-corrected chi connectivity index (χ1v) is 9.03. The van der Waals surface area contributed by atoms with Crippen molar-refractivity contribution in [2.75, 3.05) is 11.4 Å². The van der Waals surface area contributed by atoms with Crippen molar-refractivity contribution in [3.05, 3.63) is 72.7 Å². The largest absolute Gasteiger partial charge is 0.326 e. The third-order valence-electron chi connectivity index (χ3n) is 5.14. The molecular formula is C22H20N4. The van der Waals surface area contributed by atoms with Crippen molar-refractivity contribution in [3.63, 3.8) is 0 Å². The van der Waals surface area contributed by atoms with Crippen molar-refractivity contribution in [2.45, 2.75) is 12.8 Å².